The van der Waals surface area contributed by atoms with E-state index in [1.807, 2.05) is 20.8 Å². The highest BCUT2D eigenvalue weighted by Crippen LogP contribution is 2.17. The van der Waals surface area contributed by atoms with Crippen molar-refractivity contribution in [3.63, 3.8) is 0 Å². The van der Waals surface area contributed by atoms with Crippen LogP contribution in [0, 0.1) is 5.41 Å². The Bertz CT molecular complexity index is 362. The Balaban J connectivity index is 3.14. The van der Waals surface area contributed by atoms with Gasteiger partial charge >= 0.3 is 0 Å². The van der Waals surface area contributed by atoms with Gasteiger partial charge in [-0.25, -0.2) is 4.98 Å². The van der Waals surface area contributed by atoms with Crippen LogP contribution in [0.25, 0.3) is 0 Å². The van der Waals surface area contributed by atoms with Gasteiger partial charge in [0, 0.05) is 12.1 Å². The molecule has 0 amide bonds. The van der Waals surface area contributed by atoms with Crippen LogP contribution in [-0.2, 0) is 0 Å². The third-order valence-corrected chi connectivity index (χ3v) is 1.86. The van der Waals surface area contributed by atoms with Crippen LogP contribution in [0.3, 0.4) is 0 Å². The molecule has 0 aliphatic heterocycles. The number of nitrogen functional groups attached to an aromatic ring is 1. The summed E-state index contributed by atoms with van der Waals surface area (Å²) in [5, 5.41) is 7.35. The lowest BCUT2D eigenvalue weighted by Crippen LogP contribution is -2.16. The van der Waals surface area contributed by atoms with Crippen LogP contribution in [0.1, 0.15) is 38.1 Å². The molecule has 82 valence electrons. The minimum Gasteiger partial charge on any atom is -0.477 e. The Morgan fingerprint density at radius 3 is 2.73 bits per heavy atom. The van der Waals surface area contributed by atoms with E-state index in [4.69, 9.17) is 15.9 Å². The van der Waals surface area contributed by atoms with Gasteiger partial charge in [-0.1, -0.05) is 13.8 Å². The molecule has 0 spiro atoms. The number of amidine groups is 1. The summed E-state index contributed by atoms with van der Waals surface area (Å²) < 4.78 is 5.32. The van der Waals surface area contributed by atoms with E-state index >= 15 is 0 Å². The summed E-state index contributed by atoms with van der Waals surface area (Å²) in [6, 6.07) is 0. The van der Waals surface area contributed by atoms with Crippen molar-refractivity contribution >= 4 is 5.84 Å². The zero-order valence-electron chi connectivity index (χ0n) is 9.24. The highest BCUT2D eigenvalue weighted by Gasteiger charge is 2.12. The summed E-state index contributed by atoms with van der Waals surface area (Å²) in [6.07, 6.45) is 1.54. The van der Waals surface area contributed by atoms with Crippen molar-refractivity contribution in [3.8, 4) is 5.88 Å². The molecule has 1 heterocycles. The van der Waals surface area contributed by atoms with Crippen LogP contribution in [0.15, 0.2) is 6.20 Å². The molecule has 0 saturated carbocycles. The fourth-order valence-electron chi connectivity index (χ4n) is 1.09. The summed E-state index contributed by atoms with van der Waals surface area (Å²) in [5.74, 6) is 1.24. The van der Waals surface area contributed by atoms with Gasteiger partial charge in [0.1, 0.15) is 11.7 Å². The first kappa shape index (κ1) is 11.4. The maximum atomic E-state index is 7.35. The van der Waals surface area contributed by atoms with E-state index in [1.165, 1.54) is 6.20 Å². The van der Waals surface area contributed by atoms with Gasteiger partial charge in [0.15, 0.2) is 0 Å². The second-order valence-electron chi connectivity index (χ2n) is 3.45. The Labute approximate surface area is 89.2 Å². The molecule has 5 heteroatoms. The maximum absolute atomic E-state index is 7.35. The standard InChI is InChI=1S/C10H16N4O/c1-4-15-10-7(8(11)12)5-13-9(14-10)6(2)3/h5-6H,4H2,1-3H3,(H3,11,12). The van der Waals surface area contributed by atoms with E-state index in [0.717, 1.165) is 0 Å². The molecule has 3 N–H and O–H groups in total. The second-order valence-corrected chi connectivity index (χ2v) is 3.45. The molecule has 0 aliphatic carbocycles. The summed E-state index contributed by atoms with van der Waals surface area (Å²) >= 11 is 0. The van der Waals surface area contributed by atoms with Gasteiger partial charge in [0.25, 0.3) is 0 Å². The molecule has 0 saturated heterocycles. The van der Waals surface area contributed by atoms with Gasteiger partial charge in [0.05, 0.1) is 12.2 Å². The molecule has 0 unspecified atom stereocenters. The molecule has 1 rings (SSSR count). The summed E-state index contributed by atoms with van der Waals surface area (Å²) in [5.41, 5.74) is 5.84. The third kappa shape index (κ3) is 2.65. The van der Waals surface area contributed by atoms with Crippen molar-refractivity contribution in [1.29, 1.82) is 5.41 Å². The quantitative estimate of drug-likeness (QED) is 0.576. The summed E-state index contributed by atoms with van der Waals surface area (Å²) in [4.78, 5) is 8.36. The van der Waals surface area contributed by atoms with E-state index in [9.17, 15) is 0 Å². The number of hydrogen-bond acceptors (Lipinski definition) is 4. The molecule has 0 bridgehead atoms. The fourth-order valence-corrected chi connectivity index (χ4v) is 1.09. The molecule has 0 fully saturated rings. The Morgan fingerprint density at radius 1 is 1.60 bits per heavy atom. The van der Waals surface area contributed by atoms with Gasteiger partial charge in [-0.15, -0.1) is 0 Å². The van der Waals surface area contributed by atoms with Crippen LogP contribution in [0.5, 0.6) is 5.88 Å². The van der Waals surface area contributed by atoms with Crippen LogP contribution < -0.4 is 10.5 Å². The molecule has 0 radical (unpaired) electrons. The minimum absolute atomic E-state index is 0.0752. The first-order valence-electron chi connectivity index (χ1n) is 4.90. The van der Waals surface area contributed by atoms with Gasteiger partial charge in [0.2, 0.25) is 5.88 Å². The van der Waals surface area contributed by atoms with E-state index in [1.54, 1.807) is 0 Å². The van der Waals surface area contributed by atoms with Crippen molar-refractivity contribution in [3.05, 3.63) is 17.6 Å². The van der Waals surface area contributed by atoms with Crippen molar-refractivity contribution < 1.29 is 4.74 Å². The largest absolute Gasteiger partial charge is 0.477 e. The zero-order chi connectivity index (χ0) is 11.4. The highest BCUT2D eigenvalue weighted by molar-refractivity contribution is 5.96. The molecule has 1 aromatic rings. The van der Waals surface area contributed by atoms with Crippen molar-refractivity contribution in [2.75, 3.05) is 6.61 Å². The lowest BCUT2D eigenvalue weighted by atomic mass is 10.2. The monoisotopic (exact) mass is 208 g/mol. The molecule has 0 aliphatic rings. The molecule has 0 atom stereocenters. The third-order valence-electron chi connectivity index (χ3n) is 1.86. The first-order chi connectivity index (χ1) is 7.06. The van der Waals surface area contributed by atoms with Gasteiger partial charge in [-0.05, 0) is 6.92 Å². The Hall–Kier alpha value is -1.65. The average molecular weight is 208 g/mol. The average Bonchev–Trinajstić information content (AvgIpc) is 2.17. The van der Waals surface area contributed by atoms with Gasteiger partial charge in [-0.2, -0.15) is 4.98 Å². The number of nitrogens with one attached hydrogen (secondary N) is 1. The predicted molar refractivity (Wildman–Crippen MR) is 58.3 cm³/mol. The van der Waals surface area contributed by atoms with Gasteiger partial charge in [-0.3, -0.25) is 5.41 Å². The van der Waals surface area contributed by atoms with E-state index in [2.05, 4.69) is 9.97 Å². The SMILES string of the molecule is CCOc1nc(C(C)C)ncc1C(=N)N. The number of ether oxygens (including phenoxy) is 1. The molecular formula is C10H16N4O. The van der Waals surface area contributed by atoms with Crippen molar-refractivity contribution in [2.45, 2.75) is 26.7 Å². The zero-order valence-corrected chi connectivity index (χ0v) is 9.24. The maximum Gasteiger partial charge on any atom is 0.227 e. The second kappa shape index (κ2) is 4.72. The molecule has 1 aromatic heterocycles. The number of nitrogens with zero attached hydrogens (tertiary/aromatic N) is 2. The predicted octanol–water partition coefficient (Wildman–Crippen LogP) is 1.28. The molecule has 0 aromatic carbocycles. The number of hydrogen-bond donors (Lipinski definition) is 2. The molecular weight excluding hydrogens is 192 g/mol. The van der Waals surface area contributed by atoms with Crippen LogP contribution in [0.2, 0.25) is 0 Å². The lowest BCUT2D eigenvalue weighted by molar-refractivity contribution is 0.323. The van der Waals surface area contributed by atoms with Crippen molar-refractivity contribution in [1.82, 2.24) is 9.97 Å². The number of aromatic nitrogens is 2. The van der Waals surface area contributed by atoms with Crippen molar-refractivity contribution in [2.24, 2.45) is 5.73 Å². The van der Waals surface area contributed by atoms with E-state index in [0.29, 0.717) is 23.9 Å². The van der Waals surface area contributed by atoms with Crippen LogP contribution >= 0.6 is 0 Å². The molecule has 5 nitrogen and oxygen atoms in total. The van der Waals surface area contributed by atoms with Crippen LogP contribution in [-0.4, -0.2) is 22.4 Å². The lowest BCUT2D eigenvalue weighted by Gasteiger charge is -2.10. The van der Waals surface area contributed by atoms with E-state index < -0.39 is 0 Å². The minimum atomic E-state index is -0.0752. The number of rotatable bonds is 4. The van der Waals surface area contributed by atoms with Crippen LogP contribution in [0.4, 0.5) is 0 Å². The molecule has 15 heavy (non-hydrogen) atoms. The normalized spacial score (nSPS) is 10.4. The highest BCUT2D eigenvalue weighted by atomic mass is 16.5. The van der Waals surface area contributed by atoms with E-state index in [-0.39, 0.29) is 11.8 Å². The summed E-state index contributed by atoms with van der Waals surface area (Å²) in [6.45, 7) is 6.35. The Kier molecular flexibility index (Phi) is 3.60. The first-order valence-corrected chi connectivity index (χ1v) is 4.90. The summed E-state index contributed by atoms with van der Waals surface area (Å²) in [7, 11) is 0. The smallest absolute Gasteiger partial charge is 0.227 e. The Morgan fingerprint density at radius 2 is 2.27 bits per heavy atom. The fraction of sp³-hybridized carbons (Fsp3) is 0.500. The number of nitrogens with two attached hydrogens (primary N) is 1. The topological polar surface area (TPSA) is 84.9 Å². The van der Waals surface area contributed by atoms with Gasteiger partial charge < -0.3 is 10.5 Å².